The van der Waals surface area contributed by atoms with Crippen molar-refractivity contribution in [3.8, 4) is 11.5 Å². The highest BCUT2D eigenvalue weighted by molar-refractivity contribution is 5.46. The summed E-state index contributed by atoms with van der Waals surface area (Å²) in [5.41, 5.74) is 9.30. The molecule has 4 nitrogen and oxygen atoms in total. The fourth-order valence-corrected chi connectivity index (χ4v) is 5.47. The van der Waals surface area contributed by atoms with Gasteiger partial charge in [-0.2, -0.15) is 0 Å². The first-order chi connectivity index (χ1) is 15.6. The highest BCUT2D eigenvalue weighted by atomic mass is 16.6. The van der Waals surface area contributed by atoms with Gasteiger partial charge in [-0.15, -0.1) is 0 Å². The molecule has 164 valence electrons. The molecular weight excluding hydrogens is 398 g/mol. The topological polar surface area (TPSA) is 61.7 Å². The lowest BCUT2D eigenvalue weighted by molar-refractivity contribution is 0.0423. The van der Waals surface area contributed by atoms with E-state index in [2.05, 4.69) is 29.8 Å². The van der Waals surface area contributed by atoms with Crippen LogP contribution in [-0.2, 0) is 29.7 Å². The van der Waals surface area contributed by atoms with Crippen molar-refractivity contribution in [2.75, 3.05) is 0 Å². The highest BCUT2D eigenvalue weighted by Crippen LogP contribution is 2.51. The normalized spacial score (nSPS) is 21.9. The molecule has 0 unspecified atom stereocenters. The van der Waals surface area contributed by atoms with Gasteiger partial charge >= 0.3 is 0 Å². The van der Waals surface area contributed by atoms with Gasteiger partial charge in [-0.05, 0) is 84.5 Å². The van der Waals surface area contributed by atoms with Crippen molar-refractivity contribution < 1.29 is 15.1 Å². The third-order valence-corrected chi connectivity index (χ3v) is 7.04. The summed E-state index contributed by atoms with van der Waals surface area (Å²) in [6.45, 7) is 0.531. The Balaban J connectivity index is 1.41. The summed E-state index contributed by atoms with van der Waals surface area (Å²) in [4.78, 5) is 5.81. The van der Waals surface area contributed by atoms with Crippen LogP contribution in [0.1, 0.15) is 41.5 Å². The molecule has 2 aliphatic rings. The lowest BCUT2D eigenvalue weighted by atomic mass is 9.56. The lowest BCUT2D eigenvalue weighted by Crippen LogP contribution is -2.43. The molecule has 3 aromatic rings. The highest BCUT2D eigenvalue weighted by Gasteiger charge is 2.45. The zero-order chi connectivity index (χ0) is 22.0. The number of aryl methyl sites for hydroxylation is 1. The maximum atomic E-state index is 10.1. The second-order valence-electron chi connectivity index (χ2n) is 9.05. The predicted molar refractivity (Wildman–Crippen MR) is 125 cm³/mol. The minimum Gasteiger partial charge on any atom is -0.508 e. The molecule has 0 amide bonds. The average molecular weight is 428 g/mol. The molecule has 2 aliphatic carbocycles. The fraction of sp³-hybridized carbons (Fsp3) is 0.286. The maximum Gasteiger partial charge on any atom is 0.115 e. The summed E-state index contributed by atoms with van der Waals surface area (Å²) < 4.78 is 0. The Morgan fingerprint density at radius 2 is 1.66 bits per heavy atom. The van der Waals surface area contributed by atoms with Crippen molar-refractivity contribution in [2.45, 2.75) is 44.1 Å². The van der Waals surface area contributed by atoms with Crippen molar-refractivity contribution >= 4 is 0 Å². The molecule has 0 radical (unpaired) electrons. The summed E-state index contributed by atoms with van der Waals surface area (Å²) >= 11 is 0. The minimum absolute atomic E-state index is 0.0249. The number of fused-ring (bicyclic) bond motifs is 3. The van der Waals surface area contributed by atoms with E-state index in [1.807, 2.05) is 42.5 Å². The molecule has 0 aromatic heterocycles. The molecule has 4 heteroatoms. The van der Waals surface area contributed by atoms with Crippen LogP contribution in [-0.4, -0.2) is 10.2 Å². The number of aromatic hydroxyl groups is 2. The van der Waals surface area contributed by atoms with Gasteiger partial charge in [0.2, 0.25) is 0 Å². The largest absolute Gasteiger partial charge is 0.508 e. The average Bonchev–Trinajstić information content (AvgIpc) is 2.81. The number of benzene rings is 3. The van der Waals surface area contributed by atoms with E-state index in [1.165, 1.54) is 16.7 Å². The van der Waals surface area contributed by atoms with Gasteiger partial charge in [0.25, 0.3) is 0 Å². The van der Waals surface area contributed by atoms with E-state index in [-0.39, 0.29) is 5.41 Å². The van der Waals surface area contributed by atoms with Crippen LogP contribution in [0.25, 0.3) is 0 Å². The first-order valence-corrected chi connectivity index (χ1v) is 11.4. The third kappa shape index (κ3) is 4.11. The Kier molecular flexibility index (Phi) is 5.62. The molecule has 32 heavy (non-hydrogen) atoms. The van der Waals surface area contributed by atoms with Gasteiger partial charge in [-0.1, -0.05) is 54.6 Å². The second kappa shape index (κ2) is 8.71. The van der Waals surface area contributed by atoms with Crippen molar-refractivity contribution in [3.05, 3.63) is 107 Å². The zero-order valence-electron chi connectivity index (χ0n) is 18.1. The van der Waals surface area contributed by atoms with E-state index in [4.69, 9.17) is 4.84 Å². The summed E-state index contributed by atoms with van der Waals surface area (Å²) in [7, 11) is 0. The first kappa shape index (κ1) is 20.7. The molecule has 0 spiro atoms. The Labute approximate surface area is 189 Å². The van der Waals surface area contributed by atoms with Crippen LogP contribution in [0.2, 0.25) is 0 Å². The van der Waals surface area contributed by atoms with Gasteiger partial charge < -0.3 is 10.2 Å². The van der Waals surface area contributed by atoms with Crippen molar-refractivity contribution in [1.82, 2.24) is 5.48 Å². The van der Waals surface area contributed by atoms with E-state index in [0.717, 1.165) is 43.4 Å². The van der Waals surface area contributed by atoms with Crippen molar-refractivity contribution in [1.29, 1.82) is 0 Å². The van der Waals surface area contributed by atoms with Gasteiger partial charge in [0, 0.05) is 11.1 Å². The van der Waals surface area contributed by atoms with E-state index >= 15 is 0 Å². The molecule has 0 heterocycles. The van der Waals surface area contributed by atoms with Gasteiger partial charge in [0.1, 0.15) is 11.5 Å². The number of nitrogens with one attached hydrogen (secondary N) is 1. The maximum absolute atomic E-state index is 10.1. The predicted octanol–water partition coefficient (Wildman–Crippen LogP) is 5.54. The van der Waals surface area contributed by atoms with E-state index in [9.17, 15) is 10.2 Å². The van der Waals surface area contributed by atoms with Crippen molar-refractivity contribution in [3.63, 3.8) is 0 Å². The Morgan fingerprint density at radius 1 is 0.875 bits per heavy atom. The standard InChI is InChI=1S/C28H29NO3/c30-25-10-6-20(7-11-25)18-28-15-14-24(29-32-19-21-4-2-1-3-5-21)17-23(28)9-8-22-16-26(31)12-13-27(22)28/h1-7,10-13,16-17,23,29-31H,8-9,14-15,18-19H2/t23-,28-/m0/s1. The van der Waals surface area contributed by atoms with Crippen molar-refractivity contribution in [2.24, 2.45) is 5.92 Å². The van der Waals surface area contributed by atoms with Crippen LogP contribution in [0.15, 0.2) is 84.6 Å². The molecule has 0 bridgehead atoms. The molecule has 0 aliphatic heterocycles. The van der Waals surface area contributed by atoms with Crippen LogP contribution < -0.4 is 5.48 Å². The smallest absolute Gasteiger partial charge is 0.115 e. The number of rotatable bonds is 6. The van der Waals surface area contributed by atoms with E-state index in [1.54, 1.807) is 12.1 Å². The summed E-state index contributed by atoms with van der Waals surface area (Å²) in [5.74, 6) is 1.01. The minimum atomic E-state index is -0.0249. The van der Waals surface area contributed by atoms with Gasteiger partial charge in [-0.3, -0.25) is 10.3 Å². The number of phenolic OH excluding ortho intramolecular Hbond substituents is 2. The molecule has 0 saturated carbocycles. The summed E-state index contributed by atoms with van der Waals surface area (Å²) in [6, 6.07) is 23.6. The molecule has 3 N–H and O–H groups in total. The third-order valence-electron chi connectivity index (χ3n) is 7.04. The van der Waals surface area contributed by atoms with Gasteiger partial charge in [0.05, 0.1) is 6.61 Å². The number of allylic oxidation sites excluding steroid dienone is 2. The second-order valence-corrected chi connectivity index (χ2v) is 9.05. The van der Waals surface area contributed by atoms with Gasteiger partial charge in [-0.25, -0.2) is 0 Å². The molecule has 5 rings (SSSR count). The van der Waals surface area contributed by atoms with Crippen LogP contribution in [0.3, 0.4) is 0 Å². The van der Waals surface area contributed by atoms with E-state index < -0.39 is 0 Å². The summed E-state index contributed by atoms with van der Waals surface area (Å²) in [6.07, 6.45) is 7.18. The quantitative estimate of drug-likeness (QED) is 0.452. The van der Waals surface area contributed by atoms with Crippen LogP contribution in [0.4, 0.5) is 0 Å². The molecule has 3 aromatic carbocycles. The Bertz CT molecular complexity index is 1110. The van der Waals surface area contributed by atoms with Crippen LogP contribution >= 0.6 is 0 Å². The van der Waals surface area contributed by atoms with Crippen LogP contribution in [0.5, 0.6) is 11.5 Å². The SMILES string of the molecule is Oc1ccc(C[C@@]23CCC(NOCc4ccccc4)=C[C@@H]2CCc2cc(O)ccc23)cc1. The molecule has 0 saturated heterocycles. The number of phenols is 2. The Hall–Kier alpha value is -3.24. The number of hydrogen-bond donors (Lipinski definition) is 3. The van der Waals surface area contributed by atoms with Crippen LogP contribution in [0, 0.1) is 5.92 Å². The monoisotopic (exact) mass is 427 g/mol. The Morgan fingerprint density at radius 3 is 2.47 bits per heavy atom. The lowest BCUT2D eigenvalue weighted by Gasteiger charge is -2.48. The molecule has 2 atom stereocenters. The molecular formula is C28H29NO3. The molecule has 0 fully saturated rings. The summed E-state index contributed by atoms with van der Waals surface area (Å²) in [5, 5.41) is 19.8. The zero-order valence-corrected chi connectivity index (χ0v) is 18.1. The van der Waals surface area contributed by atoms with Gasteiger partial charge in [0.15, 0.2) is 0 Å². The fourth-order valence-electron chi connectivity index (χ4n) is 5.47. The number of hydrogen-bond acceptors (Lipinski definition) is 4. The van der Waals surface area contributed by atoms with E-state index in [0.29, 0.717) is 24.0 Å². The first-order valence-electron chi connectivity index (χ1n) is 11.4. The number of hydroxylamine groups is 1.